The first-order valence-electron chi connectivity index (χ1n) is 7.70. The second-order valence-electron chi connectivity index (χ2n) is 5.99. The third kappa shape index (κ3) is 2.82. The van der Waals surface area contributed by atoms with Crippen LogP contribution in [0, 0.1) is 6.92 Å². The molecule has 1 aliphatic rings. The van der Waals surface area contributed by atoms with Crippen molar-refractivity contribution in [1.82, 2.24) is 5.01 Å². The number of aromatic hydroxyl groups is 1. The highest BCUT2D eigenvalue weighted by Gasteiger charge is 2.63. The van der Waals surface area contributed by atoms with Gasteiger partial charge in [-0.15, -0.1) is 0 Å². The number of amides is 1. The Labute approximate surface area is 147 Å². The number of hydrazone groups is 1. The van der Waals surface area contributed by atoms with Crippen molar-refractivity contribution < 1.29 is 28.2 Å². The predicted molar refractivity (Wildman–Crippen MR) is 87.6 cm³/mol. The van der Waals surface area contributed by atoms with Gasteiger partial charge in [-0.25, -0.2) is 0 Å². The van der Waals surface area contributed by atoms with Gasteiger partial charge < -0.3 is 10.2 Å². The monoisotopic (exact) mass is 364 g/mol. The van der Waals surface area contributed by atoms with Crippen LogP contribution in [-0.2, 0) is 0 Å². The summed E-state index contributed by atoms with van der Waals surface area (Å²) in [5, 5.41) is 24.1. The van der Waals surface area contributed by atoms with Crippen LogP contribution in [0.2, 0.25) is 0 Å². The maximum Gasteiger partial charge on any atom is 0.438 e. The molecule has 1 aliphatic heterocycles. The van der Waals surface area contributed by atoms with E-state index in [0.717, 1.165) is 0 Å². The number of halogens is 3. The molecule has 2 N–H and O–H groups in total. The molecule has 1 atom stereocenters. The van der Waals surface area contributed by atoms with Crippen molar-refractivity contribution in [3.05, 3.63) is 65.2 Å². The largest absolute Gasteiger partial charge is 0.507 e. The number of aryl methyl sites for hydroxylation is 1. The third-order valence-electron chi connectivity index (χ3n) is 4.21. The molecule has 2 aromatic carbocycles. The number of alkyl halides is 3. The molecule has 0 saturated heterocycles. The summed E-state index contributed by atoms with van der Waals surface area (Å²) < 4.78 is 40.7. The molecule has 0 aromatic heterocycles. The number of para-hydroxylation sites is 1. The second kappa shape index (κ2) is 6.14. The molecule has 0 saturated carbocycles. The summed E-state index contributed by atoms with van der Waals surface area (Å²) in [5.41, 5.74) is -3.26. The van der Waals surface area contributed by atoms with Crippen molar-refractivity contribution in [3.8, 4) is 5.75 Å². The van der Waals surface area contributed by atoms with Crippen LogP contribution in [0.1, 0.15) is 27.9 Å². The first-order valence-corrected chi connectivity index (χ1v) is 7.70. The summed E-state index contributed by atoms with van der Waals surface area (Å²) in [6.07, 6.45) is -6.04. The Kier molecular flexibility index (Phi) is 4.23. The number of benzene rings is 2. The van der Waals surface area contributed by atoms with E-state index < -0.39 is 30.0 Å². The number of rotatable bonds is 2. The summed E-state index contributed by atoms with van der Waals surface area (Å²) in [6, 6.07) is 12.1. The number of aliphatic hydroxyl groups is 1. The molecular formula is C18H15F3N2O3. The topological polar surface area (TPSA) is 73.1 Å². The zero-order valence-electron chi connectivity index (χ0n) is 13.7. The highest BCUT2D eigenvalue weighted by Crippen LogP contribution is 2.42. The van der Waals surface area contributed by atoms with Gasteiger partial charge in [0.05, 0.1) is 17.7 Å². The fourth-order valence-corrected chi connectivity index (χ4v) is 2.72. The van der Waals surface area contributed by atoms with E-state index in [0.29, 0.717) is 11.1 Å². The molecule has 1 heterocycles. The first-order chi connectivity index (χ1) is 12.1. The highest BCUT2D eigenvalue weighted by molar-refractivity contribution is 6.06. The van der Waals surface area contributed by atoms with E-state index in [1.54, 1.807) is 18.2 Å². The summed E-state index contributed by atoms with van der Waals surface area (Å²) >= 11 is 0. The van der Waals surface area contributed by atoms with Crippen molar-refractivity contribution in [2.75, 3.05) is 0 Å². The molecule has 136 valence electrons. The van der Waals surface area contributed by atoms with Crippen LogP contribution < -0.4 is 0 Å². The van der Waals surface area contributed by atoms with Gasteiger partial charge in [0, 0.05) is 0 Å². The van der Waals surface area contributed by atoms with Gasteiger partial charge in [-0.05, 0) is 24.1 Å². The lowest BCUT2D eigenvalue weighted by Crippen LogP contribution is -2.56. The molecule has 2 aromatic rings. The Balaban J connectivity index is 2.09. The number of hydrogen-bond donors (Lipinski definition) is 2. The van der Waals surface area contributed by atoms with Crippen LogP contribution in [0.25, 0.3) is 0 Å². The average Bonchev–Trinajstić information content (AvgIpc) is 2.96. The summed E-state index contributed by atoms with van der Waals surface area (Å²) in [7, 11) is 0. The highest BCUT2D eigenvalue weighted by atomic mass is 19.4. The van der Waals surface area contributed by atoms with E-state index in [4.69, 9.17) is 0 Å². The molecule has 0 spiro atoms. The fourth-order valence-electron chi connectivity index (χ4n) is 2.72. The van der Waals surface area contributed by atoms with Crippen molar-refractivity contribution in [3.63, 3.8) is 0 Å². The summed E-state index contributed by atoms with van der Waals surface area (Å²) in [6.45, 7) is 1.50. The van der Waals surface area contributed by atoms with Crippen LogP contribution in [0.5, 0.6) is 5.75 Å². The minimum atomic E-state index is -5.14. The van der Waals surface area contributed by atoms with Gasteiger partial charge >= 0.3 is 6.18 Å². The van der Waals surface area contributed by atoms with E-state index in [1.165, 1.54) is 37.3 Å². The normalized spacial score (nSPS) is 20.2. The number of phenolic OH excluding ortho intramolecular Hbond substituents is 1. The van der Waals surface area contributed by atoms with E-state index >= 15 is 0 Å². The van der Waals surface area contributed by atoms with Crippen LogP contribution in [0.3, 0.4) is 0 Å². The molecule has 3 rings (SSSR count). The summed E-state index contributed by atoms with van der Waals surface area (Å²) in [5.74, 6) is -1.69. The Bertz CT molecular complexity index is 881. The van der Waals surface area contributed by atoms with Gasteiger partial charge in [0.2, 0.25) is 0 Å². The van der Waals surface area contributed by atoms with Gasteiger partial charge in [0.25, 0.3) is 11.6 Å². The minimum absolute atomic E-state index is 0.00380. The van der Waals surface area contributed by atoms with Gasteiger partial charge in [0.15, 0.2) is 0 Å². The maximum absolute atomic E-state index is 13.6. The molecular weight excluding hydrogens is 349 g/mol. The lowest BCUT2D eigenvalue weighted by molar-refractivity contribution is -0.297. The summed E-state index contributed by atoms with van der Waals surface area (Å²) in [4.78, 5) is 12.7. The number of phenols is 1. The molecule has 1 amide bonds. The molecule has 0 unspecified atom stereocenters. The van der Waals surface area contributed by atoms with E-state index in [-0.39, 0.29) is 16.3 Å². The van der Waals surface area contributed by atoms with E-state index in [2.05, 4.69) is 5.10 Å². The van der Waals surface area contributed by atoms with Gasteiger partial charge in [-0.3, -0.25) is 4.79 Å². The Morgan fingerprint density at radius 1 is 1.15 bits per heavy atom. The Morgan fingerprint density at radius 3 is 2.42 bits per heavy atom. The minimum Gasteiger partial charge on any atom is -0.507 e. The number of carbonyl (C=O) groups is 1. The van der Waals surface area contributed by atoms with E-state index in [1.807, 2.05) is 0 Å². The lowest BCUT2D eigenvalue weighted by atomic mass is 10.0. The van der Waals surface area contributed by atoms with Gasteiger partial charge in [-0.2, -0.15) is 23.3 Å². The van der Waals surface area contributed by atoms with Crippen molar-refractivity contribution in [2.24, 2.45) is 5.10 Å². The molecule has 5 nitrogen and oxygen atoms in total. The van der Waals surface area contributed by atoms with E-state index in [9.17, 15) is 28.2 Å². The maximum atomic E-state index is 13.6. The van der Waals surface area contributed by atoms with Crippen molar-refractivity contribution in [1.29, 1.82) is 0 Å². The van der Waals surface area contributed by atoms with Gasteiger partial charge in [-0.1, -0.05) is 42.5 Å². The molecule has 0 fully saturated rings. The quantitative estimate of drug-likeness (QED) is 0.860. The van der Waals surface area contributed by atoms with Crippen LogP contribution in [-0.4, -0.2) is 38.7 Å². The van der Waals surface area contributed by atoms with Gasteiger partial charge in [0.1, 0.15) is 5.75 Å². The zero-order valence-corrected chi connectivity index (χ0v) is 13.7. The number of hydrogen-bond acceptors (Lipinski definition) is 4. The standard InChI is InChI=1S/C18H15F3N2O3/c1-11-6-5-9-13(15(11)24)16(25)23-17(26,18(19,20)21)10-14(22-23)12-7-3-2-4-8-12/h2-9,24,26H,10H2,1H3/t17-/m1/s1. The SMILES string of the molecule is Cc1cccc(C(=O)N2N=C(c3ccccc3)C[C@@]2(O)C(F)(F)F)c1O. The van der Waals surface area contributed by atoms with Crippen LogP contribution in [0.15, 0.2) is 53.6 Å². The van der Waals surface area contributed by atoms with Crippen LogP contribution >= 0.6 is 0 Å². The molecule has 0 bridgehead atoms. The van der Waals surface area contributed by atoms with Crippen molar-refractivity contribution in [2.45, 2.75) is 25.2 Å². The molecule has 0 radical (unpaired) electrons. The number of nitrogens with zero attached hydrogens (tertiary/aromatic N) is 2. The smallest absolute Gasteiger partial charge is 0.438 e. The fraction of sp³-hybridized carbons (Fsp3) is 0.222. The number of carbonyl (C=O) groups excluding carboxylic acids is 1. The van der Waals surface area contributed by atoms with Crippen LogP contribution in [0.4, 0.5) is 13.2 Å². The van der Waals surface area contributed by atoms with Crippen molar-refractivity contribution >= 4 is 11.6 Å². The molecule has 26 heavy (non-hydrogen) atoms. The average molecular weight is 364 g/mol. The predicted octanol–water partition coefficient (Wildman–Crippen LogP) is 3.20. The molecule has 8 heteroatoms. The third-order valence-corrected chi connectivity index (χ3v) is 4.21. The zero-order chi connectivity index (χ0) is 19.1. The first kappa shape index (κ1) is 17.9. The lowest BCUT2D eigenvalue weighted by Gasteiger charge is -2.32. The molecule has 0 aliphatic carbocycles. The Hall–Kier alpha value is -2.87. The second-order valence-corrected chi connectivity index (χ2v) is 5.99. The Morgan fingerprint density at radius 2 is 1.81 bits per heavy atom.